The van der Waals surface area contributed by atoms with Crippen LogP contribution in [0.4, 0.5) is 0 Å². The highest BCUT2D eigenvalue weighted by molar-refractivity contribution is 9.10. The van der Waals surface area contributed by atoms with Gasteiger partial charge in [0.2, 0.25) is 0 Å². The first-order valence-electron chi connectivity index (χ1n) is 6.35. The van der Waals surface area contributed by atoms with Gasteiger partial charge in [0, 0.05) is 10.0 Å². The quantitative estimate of drug-likeness (QED) is 0.880. The topological polar surface area (TPSA) is 29.5 Å². The summed E-state index contributed by atoms with van der Waals surface area (Å²) in [5.41, 5.74) is 1.95. The van der Waals surface area contributed by atoms with E-state index in [0.29, 0.717) is 13.0 Å². The van der Waals surface area contributed by atoms with Crippen molar-refractivity contribution < 1.29 is 9.84 Å². The van der Waals surface area contributed by atoms with Gasteiger partial charge in [0.15, 0.2) is 0 Å². The first-order chi connectivity index (χ1) is 9.20. The van der Waals surface area contributed by atoms with E-state index in [1.165, 1.54) is 0 Å². The van der Waals surface area contributed by atoms with Crippen molar-refractivity contribution in [3.63, 3.8) is 0 Å². The number of halogens is 1. The Morgan fingerprint density at radius 3 is 2.47 bits per heavy atom. The normalized spacial score (nSPS) is 12.2. The smallest absolute Gasteiger partial charge is 0.125 e. The number of aliphatic hydroxyl groups excluding tert-OH is 1. The third-order valence-corrected chi connectivity index (χ3v) is 3.50. The minimum Gasteiger partial charge on any atom is -0.489 e. The molecule has 0 saturated carbocycles. The van der Waals surface area contributed by atoms with Crippen molar-refractivity contribution in [1.29, 1.82) is 0 Å². The minimum atomic E-state index is -0.471. The van der Waals surface area contributed by atoms with Crippen LogP contribution < -0.4 is 4.74 Å². The van der Waals surface area contributed by atoms with Gasteiger partial charge in [-0.25, -0.2) is 0 Å². The van der Waals surface area contributed by atoms with Crippen LogP contribution in [-0.4, -0.2) is 5.11 Å². The average molecular weight is 321 g/mol. The number of hydrogen-bond acceptors (Lipinski definition) is 2. The predicted octanol–water partition coefficient (Wildman–Crippen LogP) is 4.47. The Hall–Kier alpha value is -1.32. The molecule has 2 nitrogen and oxygen atoms in total. The van der Waals surface area contributed by atoms with Crippen LogP contribution in [0.2, 0.25) is 0 Å². The maximum Gasteiger partial charge on any atom is 0.125 e. The molecule has 0 unspecified atom stereocenters. The van der Waals surface area contributed by atoms with Gasteiger partial charge in [-0.15, -0.1) is 0 Å². The third kappa shape index (κ3) is 3.82. The van der Waals surface area contributed by atoms with Gasteiger partial charge < -0.3 is 9.84 Å². The zero-order chi connectivity index (χ0) is 13.7. The average Bonchev–Trinajstić information content (AvgIpc) is 2.46. The summed E-state index contributed by atoms with van der Waals surface area (Å²) in [6.45, 7) is 2.46. The first-order valence-corrected chi connectivity index (χ1v) is 7.14. The fraction of sp³-hybridized carbons (Fsp3) is 0.250. The number of benzene rings is 2. The van der Waals surface area contributed by atoms with E-state index >= 15 is 0 Å². The van der Waals surface area contributed by atoms with Crippen LogP contribution in [0.5, 0.6) is 5.75 Å². The molecule has 0 radical (unpaired) electrons. The molecule has 0 spiro atoms. The van der Waals surface area contributed by atoms with Crippen LogP contribution in [0, 0.1) is 0 Å². The van der Waals surface area contributed by atoms with Crippen molar-refractivity contribution in [2.24, 2.45) is 0 Å². The molecule has 1 N–H and O–H groups in total. The van der Waals surface area contributed by atoms with E-state index in [9.17, 15) is 5.11 Å². The molecule has 3 heteroatoms. The van der Waals surface area contributed by atoms with Gasteiger partial charge in [-0.2, -0.15) is 0 Å². The fourth-order valence-electron chi connectivity index (χ4n) is 1.85. The van der Waals surface area contributed by atoms with Crippen LogP contribution >= 0.6 is 15.9 Å². The molecule has 0 amide bonds. The van der Waals surface area contributed by atoms with Crippen molar-refractivity contribution in [3.05, 3.63) is 64.1 Å². The second-order valence-electron chi connectivity index (χ2n) is 4.38. The van der Waals surface area contributed by atoms with Crippen LogP contribution in [0.1, 0.15) is 30.6 Å². The molecule has 0 saturated heterocycles. The zero-order valence-electron chi connectivity index (χ0n) is 10.8. The highest BCUT2D eigenvalue weighted by Gasteiger charge is 2.10. The SMILES string of the molecule is CC[C@@H](O)c1ccccc1OCc1ccc(Br)cc1. The Kier molecular flexibility index (Phi) is 5.00. The van der Waals surface area contributed by atoms with E-state index in [4.69, 9.17) is 4.74 Å². The molecule has 2 aromatic rings. The lowest BCUT2D eigenvalue weighted by Gasteiger charge is -2.15. The molecular weight excluding hydrogens is 304 g/mol. The van der Waals surface area contributed by atoms with Gasteiger partial charge in [-0.1, -0.05) is 53.2 Å². The number of ether oxygens (including phenoxy) is 1. The Bertz CT molecular complexity index is 523. The maximum absolute atomic E-state index is 9.96. The largest absolute Gasteiger partial charge is 0.489 e. The van der Waals surface area contributed by atoms with Crippen molar-refractivity contribution in [1.82, 2.24) is 0 Å². The lowest BCUT2D eigenvalue weighted by molar-refractivity contribution is 0.166. The summed E-state index contributed by atoms with van der Waals surface area (Å²) in [7, 11) is 0. The second kappa shape index (κ2) is 6.73. The molecule has 0 fully saturated rings. The molecule has 0 aliphatic heterocycles. The minimum absolute atomic E-state index is 0.471. The van der Waals surface area contributed by atoms with E-state index in [2.05, 4.69) is 15.9 Å². The molecule has 0 heterocycles. The lowest BCUT2D eigenvalue weighted by atomic mass is 10.1. The Morgan fingerprint density at radius 2 is 1.79 bits per heavy atom. The third-order valence-electron chi connectivity index (χ3n) is 2.97. The summed E-state index contributed by atoms with van der Waals surface area (Å²) in [5.74, 6) is 0.750. The van der Waals surface area contributed by atoms with Gasteiger partial charge in [-0.05, 0) is 30.2 Å². The van der Waals surface area contributed by atoms with Gasteiger partial charge >= 0.3 is 0 Å². The van der Waals surface area contributed by atoms with E-state index in [1.807, 2.05) is 55.5 Å². The van der Waals surface area contributed by atoms with E-state index in [1.54, 1.807) is 0 Å². The molecule has 1 atom stereocenters. The second-order valence-corrected chi connectivity index (χ2v) is 5.29. The lowest BCUT2D eigenvalue weighted by Crippen LogP contribution is -2.02. The number of rotatable bonds is 5. The highest BCUT2D eigenvalue weighted by Crippen LogP contribution is 2.27. The first kappa shape index (κ1) is 14.1. The summed E-state index contributed by atoms with van der Waals surface area (Å²) in [4.78, 5) is 0. The molecule has 0 aliphatic carbocycles. The summed E-state index contributed by atoms with van der Waals surface area (Å²) in [5, 5.41) is 9.96. The van der Waals surface area contributed by atoms with Crippen molar-refractivity contribution in [2.45, 2.75) is 26.1 Å². The van der Waals surface area contributed by atoms with E-state index in [0.717, 1.165) is 21.3 Å². The fourth-order valence-corrected chi connectivity index (χ4v) is 2.11. The maximum atomic E-state index is 9.96. The van der Waals surface area contributed by atoms with Gasteiger partial charge in [-0.3, -0.25) is 0 Å². The molecule has 0 aromatic heterocycles. The van der Waals surface area contributed by atoms with E-state index < -0.39 is 6.10 Å². The summed E-state index contributed by atoms with van der Waals surface area (Å²) < 4.78 is 6.86. The number of aliphatic hydroxyl groups is 1. The van der Waals surface area contributed by atoms with Crippen LogP contribution in [0.3, 0.4) is 0 Å². The van der Waals surface area contributed by atoms with Crippen molar-refractivity contribution in [3.8, 4) is 5.75 Å². The van der Waals surface area contributed by atoms with Crippen LogP contribution in [0.25, 0.3) is 0 Å². The standard InChI is InChI=1S/C16H17BrO2/c1-2-15(18)14-5-3-4-6-16(14)19-11-12-7-9-13(17)10-8-12/h3-10,15,18H,2,11H2,1H3/t15-/m1/s1. The summed E-state index contributed by atoms with van der Waals surface area (Å²) in [6.07, 6.45) is 0.208. The summed E-state index contributed by atoms with van der Waals surface area (Å²) >= 11 is 3.41. The van der Waals surface area contributed by atoms with Gasteiger partial charge in [0.05, 0.1) is 6.10 Å². The molecule has 2 rings (SSSR count). The highest BCUT2D eigenvalue weighted by atomic mass is 79.9. The van der Waals surface area contributed by atoms with E-state index in [-0.39, 0.29) is 0 Å². The van der Waals surface area contributed by atoms with Crippen LogP contribution in [-0.2, 0) is 6.61 Å². The van der Waals surface area contributed by atoms with Gasteiger partial charge in [0.25, 0.3) is 0 Å². The monoisotopic (exact) mass is 320 g/mol. The van der Waals surface area contributed by atoms with Crippen molar-refractivity contribution >= 4 is 15.9 Å². The van der Waals surface area contributed by atoms with Crippen molar-refractivity contribution in [2.75, 3.05) is 0 Å². The molecule has 0 bridgehead atoms. The van der Waals surface area contributed by atoms with Crippen LogP contribution in [0.15, 0.2) is 53.0 Å². The molecular formula is C16H17BrO2. The molecule has 2 aromatic carbocycles. The zero-order valence-corrected chi connectivity index (χ0v) is 12.4. The molecule has 0 aliphatic rings. The Balaban J connectivity index is 2.09. The van der Waals surface area contributed by atoms with Gasteiger partial charge in [0.1, 0.15) is 12.4 Å². The Labute approximate surface area is 122 Å². The Morgan fingerprint density at radius 1 is 1.11 bits per heavy atom. The number of para-hydroxylation sites is 1. The molecule has 19 heavy (non-hydrogen) atoms. The summed E-state index contributed by atoms with van der Waals surface area (Å²) in [6, 6.07) is 15.7. The number of hydrogen-bond donors (Lipinski definition) is 1. The molecule has 100 valence electrons. The predicted molar refractivity (Wildman–Crippen MR) is 80.2 cm³/mol.